The highest BCUT2D eigenvalue weighted by Crippen LogP contribution is 2.29. The molecule has 0 aliphatic heterocycles. The maximum Gasteiger partial charge on any atom is 0.278 e. The Hall–Kier alpha value is -2.95. The number of rotatable bonds is 24. The van der Waals surface area contributed by atoms with Gasteiger partial charge in [-0.15, -0.1) is 0 Å². The van der Waals surface area contributed by atoms with Gasteiger partial charge in [0.2, 0.25) is 10.0 Å². The summed E-state index contributed by atoms with van der Waals surface area (Å²) < 4.78 is 28.3. The summed E-state index contributed by atoms with van der Waals surface area (Å²) in [5.74, 6) is -1.22. The minimum absolute atomic E-state index is 0.000171. The quantitative estimate of drug-likeness (QED) is 0.0560. The van der Waals surface area contributed by atoms with E-state index in [4.69, 9.17) is 11.6 Å². The number of aliphatic hydroxyl groups excluding tert-OH is 1. The molecule has 3 N–H and O–H groups in total. The van der Waals surface area contributed by atoms with Crippen LogP contribution >= 0.6 is 11.6 Å². The number of aliphatic hydroxyl groups is 1. The summed E-state index contributed by atoms with van der Waals surface area (Å²) in [5, 5.41) is 12.1. The highest BCUT2D eigenvalue weighted by atomic mass is 35.5. The van der Waals surface area contributed by atoms with E-state index in [0.29, 0.717) is 18.7 Å². The van der Waals surface area contributed by atoms with Crippen molar-refractivity contribution in [3.8, 4) is 0 Å². The number of hydrogen-bond acceptors (Lipinski definition) is 7. The largest absolute Gasteiger partial charge is 0.395 e. The predicted molar refractivity (Wildman–Crippen MR) is 211 cm³/mol. The van der Waals surface area contributed by atoms with E-state index in [1.165, 1.54) is 82.4 Å². The molecular formula is C39H61ClN4O5S. The number of nitrogens with zero attached hydrogens (tertiary/aromatic N) is 2. The summed E-state index contributed by atoms with van der Waals surface area (Å²) in [6.07, 6.45) is 16.7. The average Bonchev–Trinajstić information content (AvgIpc) is 3.05. The number of ketones is 1. The van der Waals surface area contributed by atoms with E-state index in [-0.39, 0.29) is 34.5 Å². The Morgan fingerprint density at radius 2 is 1.42 bits per heavy atom. The first kappa shape index (κ1) is 43.2. The molecule has 0 fully saturated rings. The molecule has 0 bridgehead atoms. The fourth-order valence-electron chi connectivity index (χ4n) is 5.55. The molecule has 2 rings (SSSR count). The van der Waals surface area contributed by atoms with Crippen LogP contribution < -0.4 is 14.9 Å². The molecule has 0 aromatic heterocycles. The van der Waals surface area contributed by atoms with Gasteiger partial charge in [-0.25, -0.2) is 13.4 Å². The molecule has 1 amide bonds. The Kier molecular flexibility index (Phi) is 19.1. The zero-order chi connectivity index (χ0) is 37.2. The van der Waals surface area contributed by atoms with E-state index < -0.39 is 27.1 Å². The van der Waals surface area contributed by atoms with Crippen molar-refractivity contribution in [3.63, 3.8) is 0 Å². The number of hydrogen-bond donors (Lipinski definition) is 3. The number of sulfonamides is 1. The van der Waals surface area contributed by atoms with Crippen molar-refractivity contribution in [1.82, 2.24) is 0 Å². The molecule has 280 valence electrons. The fourth-order valence-corrected chi connectivity index (χ4v) is 6.88. The van der Waals surface area contributed by atoms with E-state index in [9.17, 15) is 23.1 Å². The number of nitrogens with one attached hydrogen (secondary N) is 2. The van der Waals surface area contributed by atoms with Gasteiger partial charge in [-0.1, -0.05) is 123 Å². The zero-order valence-corrected chi connectivity index (χ0v) is 32.8. The molecule has 0 heterocycles. The normalized spacial score (nSPS) is 12.2. The van der Waals surface area contributed by atoms with Crippen molar-refractivity contribution in [2.45, 2.75) is 125 Å². The lowest BCUT2D eigenvalue weighted by Gasteiger charge is -2.20. The number of halogens is 1. The monoisotopic (exact) mass is 732 g/mol. The molecule has 0 saturated heterocycles. The SMILES string of the molecule is CCCCCCCCCCCCCCCCS(=O)(=O)Nc1ccc(Cl)c(NC(=O)C(=Nc2ccc(N(C)CCO)cc2C)C(=O)C(C)(C)C)c1. The molecule has 0 aliphatic carbocycles. The van der Waals surface area contributed by atoms with Crippen molar-refractivity contribution in [3.05, 3.63) is 47.0 Å². The predicted octanol–water partition coefficient (Wildman–Crippen LogP) is 9.63. The lowest BCUT2D eigenvalue weighted by Crippen LogP contribution is -2.37. The van der Waals surface area contributed by atoms with Crippen molar-refractivity contribution in [2.75, 3.05) is 40.9 Å². The van der Waals surface area contributed by atoms with Crippen LogP contribution in [0.1, 0.15) is 123 Å². The summed E-state index contributed by atoms with van der Waals surface area (Å²) in [7, 11) is -1.76. The summed E-state index contributed by atoms with van der Waals surface area (Å²) in [6, 6.07) is 9.88. The smallest absolute Gasteiger partial charge is 0.278 e. The Bertz CT molecular complexity index is 1500. The first-order valence-electron chi connectivity index (χ1n) is 18.4. The summed E-state index contributed by atoms with van der Waals surface area (Å²) in [5.41, 5.74) is 1.27. The summed E-state index contributed by atoms with van der Waals surface area (Å²) >= 11 is 6.41. The number of unbranched alkanes of at least 4 members (excludes halogenated alkanes) is 13. The van der Waals surface area contributed by atoms with E-state index >= 15 is 0 Å². The topological polar surface area (TPSA) is 128 Å². The van der Waals surface area contributed by atoms with Crippen LogP contribution in [0.5, 0.6) is 0 Å². The number of amides is 1. The minimum Gasteiger partial charge on any atom is -0.395 e. The third-order valence-electron chi connectivity index (χ3n) is 8.65. The number of anilines is 3. The third-order valence-corrected chi connectivity index (χ3v) is 10.4. The molecule has 0 aliphatic rings. The van der Waals surface area contributed by atoms with Gasteiger partial charge in [0, 0.05) is 24.7 Å². The fraction of sp³-hybridized carbons (Fsp3) is 0.615. The molecule has 11 heteroatoms. The first-order valence-corrected chi connectivity index (χ1v) is 20.4. The lowest BCUT2D eigenvalue weighted by molar-refractivity contribution is -0.121. The van der Waals surface area contributed by atoms with Gasteiger partial charge in [-0.05, 0) is 55.3 Å². The van der Waals surface area contributed by atoms with Crippen molar-refractivity contribution >= 4 is 61.8 Å². The molecule has 0 spiro atoms. The Balaban J connectivity index is 1.97. The third kappa shape index (κ3) is 15.9. The van der Waals surface area contributed by atoms with E-state index in [1.807, 2.05) is 31.0 Å². The molecule has 9 nitrogen and oxygen atoms in total. The van der Waals surface area contributed by atoms with Gasteiger partial charge in [0.15, 0.2) is 11.5 Å². The van der Waals surface area contributed by atoms with Crippen LogP contribution in [-0.4, -0.2) is 56.9 Å². The van der Waals surface area contributed by atoms with Crippen molar-refractivity contribution < 1.29 is 23.1 Å². The van der Waals surface area contributed by atoms with Crippen LogP contribution in [0.4, 0.5) is 22.7 Å². The maximum absolute atomic E-state index is 13.6. The molecule has 2 aromatic rings. The maximum atomic E-state index is 13.6. The number of likely N-dealkylation sites (N-methyl/N-ethyl adjacent to an activating group) is 1. The number of benzene rings is 2. The van der Waals surface area contributed by atoms with Gasteiger partial charge in [-0.2, -0.15) is 0 Å². The van der Waals surface area contributed by atoms with Crippen molar-refractivity contribution in [2.24, 2.45) is 10.4 Å². The van der Waals surface area contributed by atoms with Crippen LogP contribution in [0.25, 0.3) is 0 Å². The highest BCUT2D eigenvalue weighted by molar-refractivity contribution is 7.92. The molecule has 50 heavy (non-hydrogen) atoms. The Labute approximate surface area is 306 Å². The van der Waals surface area contributed by atoms with Gasteiger partial charge in [0.05, 0.1) is 34.4 Å². The number of aryl methyl sites for hydroxylation is 1. The Morgan fingerprint density at radius 3 is 1.94 bits per heavy atom. The standard InChI is InChI=1S/C39H61ClN4O5S/c1-7-8-9-10-11-12-13-14-15-16-17-18-19-20-27-50(48,49)43-31-21-23-33(40)35(29-31)42-38(47)36(37(46)39(3,4)5)41-34-24-22-32(28-30(34)2)44(6)25-26-45/h21-24,28-29,43,45H,7-20,25-27H2,1-6H3,(H,42,47). The van der Waals surface area contributed by atoms with Crippen LogP contribution in [0.2, 0.25) is 5.02 Å². The van der Waals surface area contributed by atoms with Gasteiger partial charge >= 0.3 is 0 Å². The van der Waals surface area contributed by atoms with Gasteiger partial charge < -0.3 is 15.3 Å². The molecule has 0 radical (unpaired) electrons. The Morgan fingerprint density at radius 1 is 0.860 bits per heavy atom. The number of carbonyl (C=O) groups excluding carboxylic acids is 2. The van der Waals surface area contributed by atoms with E-state index in [0.717, 1.165) is 30.5 Å². The average molecular weight is 733 g/mol. The second-order valence-electron chi connectivity index (χ2n) is 14.3. The zero-order valence-electron chi connectivity index (χ0n) is 31.2. The number of carbonyl (C=O) groups is 2. The van der Waals surface area contributed by atoms with Crippen LogP contribution in [0.3, 0.4) is 0 Å². The highest BCUT2D eigenvalue weighted by Gasteiger charge is 2.31. The van der Waals surface area contributed by atoms with Crippen LogP contribution in [-0.2, 0) is 19.6 Å². The summed E-state index contributed by atoms with van der Waals surface area (Å²) in [4.78, 5) is 33.4. The second kappa shape index (κ2) is 22.1. The lowest BCUT2D eigenvalue weighted by atomic mass is 9.87. The van der Waals surface area contributed by atoms with E-state index in [1.54, 1.807) is 26.8 Å². The van der Waals surface area contributed by atoms with Gasteiger partial charge in [-0.3, -0.25) is 14.3 Å². The molecule has 0 saturated carbocycles. The van der Waals surface area contributed by atoms with E-state index in [2.05, 4.69) is 22.0 Å². The van der Waals surface area contributed by atoms with Crippen LogP contribution in [0.15, 0.2) is 41.4 Å². The minimum atomic E-state index is -3.62. The molecule has 0 atom stereocenters. The second-order valence-corrected chi connectivity index (χ2v) is 16.6. The number of aliphatic imine (C=N–C) groups is 1. The molecular weight excluding hydrogens is 672 g/mol. The molecule has 2 aromatic carbocycles. The van der Waals surface area contributed by atoms with Gasteiger partial charge in [0.1, 0.15) is 0 Å². The van der Waals surface area contributed by atoms with Crippen LogP contribution in [0, 0.1) is 12.3 Å². The number of Topliss-reactive ketones (excluding diaryl/α,β-unsaturated/α-hetero) is 1. The molecule has 0 unspecified atom stereocenters. The van der Waals surface area contributed by atoms with Crippen molar-refractivity contribution in [1.29, 1.82) is 0 Å². The first-order chi connectivity index (χ1) is 23.7. The van der Waals surface area contributed by atoms with Gasteiger partial charge in [0.25, 0.3) is 5.91 Å². The summed E-state index contributed by atoms with van der Waals surface area (Å²) in [6.45, 7) is 9.65.